The maximum absolute atomic E-state index is 10.4. The Bertz CT molecular complexity index is 336. The number of hydrogen-bond donors (Lipinski definition) is 2. The van der Waals surface area contributed by atoms with Crippen molar-refractivity contribution >= 4 is 5.97 Å². The van der Waals surface area contributed by atoms with Gasteiger partial charge in [-0.05, 0) is 25.7 Å². The smallest absolute Gasteiger partial charge is 0.303 e. The molecule has 128 valence electrons. The van der Waals surface area contributed by atoms with E-state index in [9.17, 15) is 4.79 Å². The van der Waals surface area contributed by atoms with Gasteiger partial charge in [0.05, 0.1) is 0 Å². The lowest BCUT2D eigenvalue weighted by molar-refractivity contribution is -0.137. The number of aliphatic hydroxyl groups is 1. The topological polar surface area (TPSA) is 70.1 Å². The van der Waals surface area contributed by atoms with E-state index in [-0.39, 0.29) is 0 Å². The van der Waals surface area contributed by atoms with E-state index in [0.29, 0.717) is 13.0 Å². The van der Waals surface area contributed by atoms with Crippen LogP contribution in [0.4, 0.5) is 0 Å². The third-order valence-corrected chi connectivity index (χ3v) is 4.12. The number of carbonyl (C=O) groups is 1. The quantitative estimate of drug-likeness (QED) is 0.403. The normalized spacial score (nSPS) is 13.3. The molecule has 0 fully saturated rings. The van der Waals surface area contributed by atoms with Crippen LogP contribution in [0, 0.1) is 0 Å². The van der Waals surface area contributed by atoms with E-state index in [0.717, 1.165) is 51.4 Å². The molecule has 0 atom stereocenters. The summed E-state index contributed by atoms with van der Waals surface area (Å²) in [5.74, 6) is 1.75. The number of aliphatic hydroxyl groups excluding tert-OH is 1. The monoisotopic (exact) mass is 312 g/mol. The molecule has 0 aliphatic carbocycles. The summed E-state index contributed by atoms with van der Waals surface area (Å²) in [6.07, 6.45) is 14.8. The van der Waals surface area contributed by atoms with Gasteiger partial charge in [0.25, 0.3) is 0 Å². The SMILES string of the molecule is O=C(O)CCCCCCCC1=C(CCCCCCCCO)O1. The molecule has 1 aliphatic rings. The first kappa shape index (κ1) is 19.0. The first-order valence-corrected chi connectivity index (χ1v) is 8.96. The van der Waals surface area contributed by atoms with Crippen LogP contribution in [-0.4, -0.2) is 22.8 Å². The van der Waals surface area contributed by atoms with Crippen LogP contribution in [-0.2, 0) is 9.53 Å². The summed E-state index contributed by atoms with van der Waals surface area (Å²) < 4.78 is 5.54. The summed E-state index contributed by atoms with van der Waals surface area (Å²) in [5.41, 5.74) is 0. The highest BCUT2D eigenvalue weighted by molar-refractivity contribution is 5.66. The second kappa shape index (κ2) is 12.5. The standard InChI is InChI=1S/C18H32O4/c19-15-11-7-2-1-4-8-12-16-17(22-16)13-9-5-3-6-10-14-18(20)21/h19H,1-15H2,(H,20,21). The molecule has 4 heteroatoms. The van der Waals surface area contributed by atoms with Crippen molar-refractivity contribution in [2.24, 2.45) is 0 Å². The molecular weight excluding hydrogens is 280 g/mol. The first-order chi connectivity index (χ1) is 10.7. The molecule has 22 heavy (non-hydrogen) atoms. The highest BCUT2D eigenvalue weighted by Gasteiger charge is 2.22. The number of unbranched alkanes of at least 4 members (excludes halogenated alkanes) is 9. The van der Waals surface area contributed by atoms with Crippen LogP contribution in [0.5, 0.6) is 0 Å². The Balaban J connectivity index is 1.83. The van der Waals surface area contributed by atoms with E-state index >= 15 is 0 Å². The number of aliphatic carboxylic acids is 1. The molecule has 0 saturated heterocycles. The largest absolute Gasteiger partial charge is 0.481 e. The van der Waals surface area contributed by atoms with Crippen LogP contribution in [0.3, 0.4) is 0 Å². The lowest BCUT2D eigenvalue weighted by Gasteiger charge is -1.98. The van der Waals surface area contributed by atoms with Crippen molar-refractivity contribution in [1.82, 2.24) is 0 Å². The van der Waals surface area contributed by atoms with E-state index in [4.69, 9.17) is 14.9 Å². The lowest BCUT2D eigenvalue weighted by Crippen LogP contribution is -1.93. The molecule has 0 aromatic rings. The molecule has 0 bridgehead atoms. The lowest BCUT2D eigenvalue weighted by atomic mass is 10.1. The van der Waals surface area contributed by atoms with Crippen molar-refractivity contribution < 1.29 is 19.7 Å². The number of carboxylic acid groups (broad SMARTS) is 1. The van der Waals surface area contributed by atoms with E-state index in [2.05, 4.69) is 0 Å². The fourth-order valence-electron chi connectivity index (χ4n) is 2.70. The molecule has 1 heterocycles. The van der Waals surface area contributed by atoms with Crippen LogP contribution in [0.25, 0.3) is 0 Å². The molecule has 0 aromatic carbocycles. The van der Waals surface area contributed by atoms with Crippen molar-refractivity contribution in [3.8, 4) is 0 Å². The van der Waals surface area contributed by atoms with Gasteiger partial charge in [0, 0.05) is 25.9 Å². The maximum Gasteiger partial charge on any atom is 0.303 e. The zero-order valence-electron chi connectivity index (χ0n) is 13.8. The van der Waals surface area contributed by atoms with Gasteiger partial charge in [-0.15, -0.1) is 0 Å². The fraction of sp³-hybridized carbons (Fsp3) is 0.833. The molecule has 0 saturated carbocycles. The Kier molecular flexibility index (Phi) is 10.8. The van der Waals surface area contributed by atoms with Gasteiger partial charge < -0.3 is 14.9 Å². The van der Waals surface area contributed by atoms with Crippen LogP contribution in [0.2, 0.25) is 0 Å². The van der Waals surface area contributed by atoms with Gasteiger partial charge in [-0.1, -0.05) is 44.9 Å². The summed E-state index contributed by atoms with van der Waals surface area (Å²) in [4.78, 5) is 10.4. The molecule has 1 aliphatic heterocycles. The van der Waals surface area contributed by atoms with Crippen LogP contribution in [0.1, 0.15) is 89.9 Å². The Labute approximate surface area is 134 Å². The number of hydrogen-bond acceptors (Lipinski definition) is 3. The summed E-state index contributed by atoms with van der Waals surface area (Å²) >= 11 is 0. The minimum Gasteiger partial charge on any atom is -0.481 e. The molecule has 0 radical (unpaired) electrons. The van der Waals surface area contributed by atoms with Crippen LogP contribution >= 0.6 is 0 Å². The minimum absolute atomic E-state index is 0.304. The van der Waals surface area contributed by atoms with E-state index in [1.165, 1.54) is 43.6 Å². The summed E-state index contributed by atoms with van der Waals surface area (Å²) in [6.45, 7) is 0.323. The third-order valence-electron chi connectivity index (χ3n) is 4.12. The second-order valence-corrected chi connectivity index (χ2v) is 6.20. The Morgan fingerprint density at radius 2 is 1.18 bits per heavy atom. The van der Waals surface area contributed by atoms with Gasteiger partial charge >= 0.3 is 5.97 Å². The molecule has 0 unspecified atom stereocenters. The predicted octanol–water partition coefficient (Wildman–Crippen LogP) is 4.77. The average molecular weight is 312 g/mol. The maximum atomic E-state index is 10.4. The molecule has 4 nitrogen and oxygen atoms in total. The number of ether oxygens (including phenoxy) is 1. The van der Waals surface area contributed by atoms with Crippen molar-refractivity contribution in [3.05, 3.63) is 11.5 Å². The van der Waals surface area contributed by atoms with E-state index < -0.39 is 5.97 Å². The zero-order chi connectivity index (χ0) is 16.0. The average Bonchev–Trinajstić information content (AvgIpc) is 3.23. The van der Waals surface area contributed by atoms with Gasteiger partial charge in [-0.3, -0.25) is 4.79 Å². The van der Waals surface area contributed by atoms with E-state index in [1.54, 1.807) is 0 Å². The Morgan fingerprint density at radius 3 is 1.68 bits per heavy atom. The fourth-order valence-corrected chi connectivity index (χ4v) is 2.70. The van der Waals surface area contributed by atoms with Crippen LogP contribution in [0.15, 0.2) is 11.5 Å². The van der Waals surface area contributed by atoms with Crippen molar-refractivity contribution in [2.75, 3.05) is 6.61 Å². The van der Waals surface area contributed by atoms with Gasteiger partial charge in [0.15, 0.2) is 0 Å². The first-order valence-electron chi connectivity index (χ1n) is 8.96. The van der Waals surface area contributed by atoms with Gasteiger partial charge in [0.2, 0.25) is 0 Å². The van der Waals surface area contributed by atoms with E-state index in [1.807, 2.05) is 0 Å². The van der Waals surface area contributed by atoms with Crippen LogP contribution < -0.4 is 0 Å². The van der Waals surface area contributed by atoms with Gasteiger partial charge in [-0.2, -0.15) is 0 Å². The van der Waals surface area contributed by atoms with Gasteiger partial charge in [0.1, 0.15) is 11.5 Å². The van der Waals surface area contributed by atoms with Crippen molar-refractivity contribution in [1.29, 1.82) is 0 Å². The molecule has 2 N–H and O–H groups in total. The molecule has 0 spiro atoms. The predicted molar refractivity (Wildman–Crippen MR) is 87.5 cm³/mol. The highest BCUT2D eigenvalue weighted by atomic mass is 16.6. The highest BCUT2D eigenvalue weighted by Crippen LogP contribution is 2.35. The number of rotatable bonds is 16. The minimum atomic E-state index is -0.686. The second-order valence-electron chi connectivity index (χ2n) is 6.20. The molecule has 1 rings (SSSR count). The molecule has 0 aromatic heterocycles. The Hall–Kier alpha value is -1.03. The summed E-state index contributed by atoms with van der Waals surface area (Å²) in [6, 6.07) is 0. The number of allylic oxidation sites excluding steroid dienone is 2. The summed E-state index contributed by atoms with van der Waals surface area (Å²) in [7, 11) is 0. The molecular formula is C18H32O4. The number of carboxylic acids is 1. The zero-order valence-corrected chi connectivity index (χ0v) is 13.8. The Morgan fingerprint density at radius 1 is 0.727 bits per heavy atom. The van der Waals surface area contributed by atoms with Crippen molar-refractivity contribution in [2.45, 2.75) is 89.9 Å². The summed E-state index contributed by atoms with van der Waals surface area (Å²) in [5, 5.41) is 17.2. The van der Waals surface area contributed by atoms with Gasteiger partial charge in [-0.25, -0.2) is 0 Å². The molecule has 0 amide bonds. The third kappa shape index (κ3) is 10.7. The van der Waals surface area contributed by atoms with Crippen molar-refractivity contribution in [3.63, 3.8) is 0 Å².